The molecule has 0 saturated carbocycles. The number of hydrogen-bond donors (Lipinski definition) is 1. The Hall–Kier alpha value is -1.43. The van der Waals surface area contributed by atoms with Crippen LogP contribution in [0, 0.1) is 0 Å². The smallest absolute Gasteiger partial charge is 0.233 e. The molecule has 0 saturated heterocycles. The van der Waals surface area contributed by atoms with Crippen molar-refractivity contribution < 1.29 is 19.0 Å². The lowest BCUT2D eigenvalue weighted by Gasteiger charge is -2.09. The summed E-state index contributed by atoms with van der Waals surface area (Å²) in [5, 5.41) is 2.74. The van der Waals surface area contributed by atoms with E-state index in [1.807, 2.05) is 6.07 Å². The lowest BCUT2D eigenvalue weighted by molar-refractivity contribution is -0.120. The molecule has 0 radical (unpaired) electrons. The van der Waals surface area contributed by atoms with Gasteiger partial charge in [0.05, 0.1) is 11.4 Å². The molecule has 1 amide bonds. The predicted octanol–water partition coefficient (Wildman–Crippen LogP) is 1.69. The number of rotatable bonds is 5. The van der Waals surface area contributed by atoms with E-state index in [-0.39, 0.29) is 17.5 Å². The molecule has 5 nitrogen and oxygen atoms in total. The van der Waals surface area contributed by atoms with E-state index in [1.165, 1.54) is 0 Å². The Kier molecular flexibility index (Phi) is 4.30. The van der Waals surface area contributed by atoms with E-state index in [0.717, 1.165) is 5.75 Å². The fourth-order valence-electron chi connectivity index (χ4n) is 1.45. The number of ether oxygens (including phenoxy) is 3. The van der Waals surface area contributed by atoms with Gasteiger partial charge in [-0.05, 0) is 19.1 Å². The molecule has 0 fully saturated rings. The van der Waals surface area contributed by atoms with Gasteiger partial charge in [0.1, 0.15) is 12.4 Å². The second-order valence-electron chi connectivity index (χ2n) is 3.77. The predicted molar refractivity (Wildman–Crippen MR) is 69.5 cm³/mol. The fraction of sp³-hybridized carbons (Fsp3) is 0.417. The van der Waals surface area contributed by atoms with E-state index in [9.17, 15) is 4.79 Å². The lowest BCUT2D eigenvalue weighted by atomic mass is 10.3. The third-order valence-corrected chi connectivity index (χ3v) is 2.79. The zero-order valence-corrected chi connectivity index (χ0v) is 11.5. The molecule has 18 heavy (non-hydrogen) atoms. The molecule has 1 aromatic carbocycles. The van der Waals surface area contributed by atoms with Gasteiger partial charge in [0.2, 0.25) is 12.7 Å². The minimum atomic E-state index is -0.192. The molecule has 1 aliphatic heterocycles. The molecule has 2 rings (SSSR count). The van der Waals surface area contributed by atoms with Crippen molar-refractivity contribution in [2.24, 2.45) is 0 Å². The third-order valence-electron chi connectivity index (χ3n) is 2.38. The monoisotopic (exact) mass is 315 g/mol. The van der Waals surface area contributed by atoms with Crippen molar-refractivity contribution in [3.63, 3.8) is 0 Å². The minimum absolute atomic E-state index is 0.0516. The van der Waals surface area contributed by atoms with Crippen molar-refractivity contribution >= 4 is 21.8 Å². The number of halogens is 1. The highest BCUT2D eigenvalue weighted by atomic mass is 79.9. The topological polar surface area (TPSA) is 56.8 Å². The molecule has 0 spiro atoms. The Labute approximate surface area is 114 Å². The first-order chi connectivity index (χ1) is 8.66. The number of carbonyl (C=O) groups is 1. The molecule has 1 aromatic rings. The van der Waals surface area contributed by atoms with Crippen molar-refractivity contribution in [1.29, 1.82) is 0 Å². The van der Waals surface area contributed by atoms with Gasteiger partial charge in [-0.3, -0.25) is 4.79 Å². The highest BCUT2D eigenvalue weighted by Gasteiger charge is 2.13. The van der Waals surface area contributed by atoms with E-state index in [1.54, 1.807) is 19.1 Å². The van der Waals surface area contributed by atoms with Gasteiger partial charge in [-0.1, -0.05) is 15.9 Å². The number of nitrogens with one attached hydrogen (secondary N) is 1. The second kappa shape index (κ2) is 5.95. The van der Waals surface area contributed by atoms with Crippen LogP contribution < -0.4 is 19.5 Å². The Balaban J connectivity index is 1.75. The Morgan fingerprint density at radius 2 is 2.28 bits per heavy atom. The first-order valence-electron chi connectivity index (χ1n) is 5.61. The maximum atomic E-state index is 11.3. The van der Waals surface area contributed by atoms with E-state index >= 15 is 0 Å². The molecule has 1 aliphatic rings. The normalized spacial score (nSPS) is 14.1. The van der Waals surface area contributed by atoms with Gasteiger partial charge in [0.25, 0.3) is 0 Å². The molecule has 0 aromatic heterocycles. The summed E-state index contributed by atoms with van der Waals surface area (Å²) in [6, 6.07) is 5.39. The molecular formula is C12H14BrNO4. The molecule has 0 bridgehead atoms. The van der Waals surface area contributed by atoms with Crippen LogP contribution in [0.25, 0.3) is 0 Å². The highest BCUT2D eigenvalue weighted by molar-refractivity contribution is 9.10. The third kappa shape index (κ3) is 3.29. The van der Waals surface area contributed by atoms with Crippen LogP contribution in [-0.2, 0) is 4.79 Å². The zero-order chi connectivity index (χ0) is 13.0. The van der Waals surface area contributed by atoms with Gasteiger partial charge in [-0.15, -0.1) is 0 Å². The molecule has 0 aliphatic carbocycles. The van der Waals surface area contributed by atoms with Crippen molar-refractivity contribution in [1.82, 2.24) is 5.32 Å². The number of alkyl halides is 1. The van der Waals surface area contributed by atoms with Gasteiger partial charge in [-0.25, -0.2) is 0 Å². The van der Waals surface area contributed by atoms with Crippen LogP contribution >= 0.6 is 15.9 Å². The summed E-state index contributed by atoms with van der Waals surface area (Å²) in [5.41, 5.74) is 0. The quantitative estimate of drug-likeness (QED) is 0.663. The molecule has 1 N–H and O–H groups in total. The summed E-state index contributed by atoms with van der Waals surface area (Å²) >= 11 is 3.19. The van der Waals surface area contributed by atoms with Gasteiger partial charge < -0.3 is 19.5 Å². The van der Waals surface area contributed by atoms with Crippen molar-refractivity contribution in [2.75, 3.05) is 19.9 Å². The van der Waals surface area contributed by atoms with E-state index in [4.69, 9.17) is 14.2 Å². The summed E-state index contributed by atoms with van der Waals surface area (Å²) in [7, 11) is 0. The van der Waals surface area contributed by atoms with Crippen LogP contribution in [-0.4, -0.2) is 30.7 Å². The van der Waals surface area contributed by atoms with Gasteiger partial charge >= 0.3 is 0 Å². The standard InChI is InChI=1S/C12H14BrNO4/c1-8(13)12(15)14-4-5-16-9-2-3-10-11(6-9)18-7-17-10/h2-3,6,8H,4-5,7H2,1H3,(H,14,15). The molecule has 1 unspecified atom stereocenters. The van der Waals surface area contributed by atoms with Crippen molar-refractivity contribution in [2.45, 2.75) is 11.8 Å². The average molecular weight is 316 g/mol. The number of amides is 1. The van der Waals surface area contributed by atoms with Crippen LogP contribution in [0.3, 0.4) is 0 Å². The first-order valence-corrected chi connectivity index (χ1v) is 6.52. The maximum Gasteiger partial charge on any atom is 0.233 e. The summed E-state index contributed by atoms with van der Waals surface area (Å²) < 4.78 is 15.9. The Bertz CT molecular complexity index is 436. The summed E-state index contributed by atoms with van der Waals surface area (Å²) in [5.74, 6) is 2.05. The summed E-state index contributed by atoms with van der Waals surface area (Å²) in [6.45, 7) is 2.89. The highest BCUT2D eigenvalue weighted by Crippen LogP contribution is 2.34. The van der Waals surface area contributed by atoms with E-state index in [0.29, 0.717) is 24.7 Å². The van der Waals surface area contributed by atoms with Crippen molar-refractivity contribution in [3.05, 3.63) is 18.2 Å². The molecule has 98 valence electrons. The van der Waals surface area contributed by atoms with Crippen LogP contribution in [0.2, 0.25) is 0 Å². The van der Waals surface area contributed by atoms with E-state index in [2.05, 4.69) is 21.2 Å². The van der Waals surface area contributed by atoms with E-state index < -0.39 is 0 Å². The number of benzene rings is 1. The number of fused-ring (bicyclic) bond motifs is 1. The van der Waals surface area contributed by atoms with Crippen LogP contribution in [0.5, 0.6) is 17.2 Å². The lowest BCUT2D eigenvalue weighted by Crippen LogP contribution is -2.32. The maximum absolute atomic E-state index is 11.3. The second-order valence-corrected chi connectivity index (χ2v) is 5.14. The van der Waals surface area contributed by atoms with Gasteiger partial charge in [-0.2, -0.15) is 0 Å². The average Bonchev–Trinajstić information content (AvgIpc) is 2.81. The molecule has 1 heterocycles. The summed E-state index contributed by atoms with van der Waals surface area (Å²) in [4.78, 5) is 11.1. The SMILES string of the molecule is CC(Br)C(=O)NCCOc1ccc2c(c1)OCO2. The number of carbonyl (C=O) groups excluding carboxylic acids is 1. The largest absolute Gasteiger partial charge is 0.492 e. The molecule has 1 atom stereocenters. The zero-order valence-electron chi connectivity index (χ0n) is 9.94. The van der Waals surface area contributed by atoms with Crippen LogP contribution in [0.4, 0.5) is 0 Å². The minimum Gasteiger partial charge on any atom is -0.492 e. The Morgan fingerprint density at radius 1 is 1.50 bits per heavy atom. The van der Waals surface area contributed by atoms with Gasteiger partial charge in [0, 0.05) is 6.07 Å². The number of hydrogen-bond acceptors (Lipinski definition) is 4. The summed E-state index contributed by atoms with van der Waals surface area (Å²) in [6.07, 6.45) is 0. The molecule has 6 heteroatoms. The van der Waals surface area contributed by atoms with Gasteiger partial charge in [0.15, 0.2) is 11.5 Å². The molecular weight excluding hydrogens is 302 g/mol. The van der Waals surface area contributed by atoms with Crippen molar-refractivity contribution in [3.8, 4) is 17.2 Å². The van der Waals surface area contributed by atoms with Crippen LogP contribution in [0.1, 0.15) is 6.92 Å². The first kappa shape index (κ1) is 13.0. The Morgan fingerprint density at radius 3 is 3.06 bits per heavy atom. The fourth-order valence-corrected chi connectivity index (χ4v) is 1.61. The van der Waals surface area contributed by atoms with Crippen LogP contribution in [0.15, 0.2) is 18.2 Å².